The monoisotopic (exact) mass is 581 g/mol. The first-order valence-electron chi connectivity index (χ1n) is 14.0. The van der Waals surface area contributed by atoms with E-state index in [1.807, 2.05) is 72.0 Å². The van der Waals surface area contributed by atoms with Gasteiger partial charge in [0.1, 0.15) is 5.82 Å². The maximum atomic E-state index is 13.9. The predicted molar refractivity (Wildman–Crippen MR) is 162 cm³/mol. The highest BCUT2D eigenvalue weighted by atomic mass is 19.1. The summed E-state index contributed by atoms with van der Waals surface area (Å²) in [6, 6.07) is 19.8. The summed E-state index contributed by atoms with van der Waals surface area (Å²) in [5.74, 6) is 2.11. The number of hydrogen-bond acceptors (Lipinski definition) is 8. The molecule has 11 heteroatoms. The number of nitrogens with zero attached hydrogens (tertiary/aromatic N) is 6. The zero-order valence-corrected chi connectivity index (χ0v) is 24.2. The Bertz CT molecular complexity index is 1770. The number of ether oxygens (including phenoxy) is 2. The number of amides is 1. The quantitative estimate of drug-likeness (QED) is 0.250. The number of benzene rings is 3. The number of halogens is 1. The van der Waals surface area contributed by atoms with Crippen molar-refractivity contribution in [1.82, 2.24) is 24.4 Å². The average Bonchev–Trinajstić information content (AvgIpc) is 3.65. The van der Waals surface area contributed by atoms with Crippen LogP contribution < -0.4 is 19.7 Å². The maximum Gasteiger partial charge on any atom is 0.253 e. The Morgan fingerprint density at radius 3 is 2.60 bits per heavy atom. The van der Waals surface area contributed by atoms with Gasteiger partial charge in [-0.05, 0) is 54.4 Å². The smallest absolute Gasteiger partial charge is 0.253 e. The highest BCUT2D eigenvalue weighted by Crippen LogP contribution is 2.33. The van der Waals surface area contributed by atoms with Crippen LogP contribution in [0.3, 0.4) is 0 Å². The number of likely N-dealkylation sites (N-methyl/N-ethyl adjacent to an activating group) is 2. The molecule has 0 saturated carbocycles. The molecule has 0 atom stereocenters. The van der Waals surface area contributed by atoms with Crippen LogP contribution in [0.15, 0.2) is 73.1 Å². The molecule has 0 spiro atoms. The lowest BCUT2D eigenvalue weighted by Gasteiger charge is -2.23. The SMILES string of the molecule is Cc1ccc(C(=O)N(C)CCN(C)c2nc(NCc3ccc4c(c3)OCO4)c3ncn(Cc4cccc(F)c4)c3n2)cc1. The summed E-state index contributed by atoms with van der Waals surface area (Å²) in [5.41, 5.74) is 4.73. The summed E-state index contributed by atoms with van der Waals surface area (Å²) in [7, 11) is 3.67. The van der Waals surface area contributed by atoms with E-state index in [2.05, 4.69) is 10.3 Å². The molecule has 43 heavy (non-hydrogen) atoms. The molecule has 1 aliphatic rings. The van der Waals surface area contributed by atoms with Crippen LogP contribution in [0.25, 0.3) is 11.2 Å². The molecule has 3 heterocycles. The van der Waals surface area contributed by atoms with Crippen LogP contribution in [0.2, 0.25) is 0 Å². The second-order valence-corrected chi connectivity index (χ2v) is 10.6. The minimum absolute atomic E-state index is 0.0518. The molecule has 5 aromatic rings. The molecule has 0 unspecified atom stereocenters. The second-order valence-electron chi connectivity index (χ2n) is 10.6. The Morgan fingerprint density at radius 1 is 0.977 bits per heavy atom. The van der Waals surface area contributed by atoms with E-state index < -0.39 is 0 Å². The zero-order chi connectivity index (χ0) is 29.9. The first kappa shape index (κ1) is 28.0. The van der Waals surface area contributed by atoms with Gasteiger partial charge in [0, 0.05) is 39.3 Å². The lowest BCUT2D eigenvalue weighted by molar-refractivity contribution is 0.0798. The normalized spacial score (nSPS) is 12.0. The van der Waals surface area contributed by atoms with Gasteiger partial charge < -0.3 is 29.2 Å². The molecule has 0 saturated heterocycles. The standard InChI is InChI=1S/C32H32FN7O3/c1-21-7-10-24(11-8-21)31(41)38(2)13-14-39(3)32-36-29(34-17-22-9-12-26-27(16-22)43-20-42-26)28-30(37-32)40(19-35-28)18-23-5-4-6-25(33)15-23/h4-12,15-16,19H,13-14,17-18,20H2,1-3H3,(H,34,36,37). The minimum Gasteiger partial charge on any atom is -0.454 e. The van der Waals surface area contributed by atoms with Gasteiger partial charge in [0.05, 0.1) is 12.9 Å². The number of nitrogens with one attached hydrogen (secondary N) is 1. The van der Waals surface area contributed by atoms with Crippen LogP contribution in [0.1, 0.15) is 27.0 Å². The van der Waals surface area contributed by atoms with E-state index in [1.165, 1.54) is 12.1 Å². The van der Waals surface area contributed by atoms with Crippen LogP contribution in [-0.2, 0) is 13.1 Å². The van der Waals surface area contributed by atoms with Crippen molar-refractivity contribution in [3.8, 4) is 11.5 Å². The first-order valence-corrected chi connectivity index (χ1v) is 14.0. The molecule has 0 fully saturated rings. The van der Waals surface area contributed by atoms with Crippen molar-refractivity contribution in [2.45, 2.75) is 20.0 Å². The fourth-order valence-electron chi connectivity index (χ4n) is 4.83. The Balaban J connectivity index is 1.25. The van der Waals surface area contributed by atoms with Crippen molar-refractivity contribution in [2.24, 2.45) is 0 Å². The predicted octanol–water partition coefficient (Wildman–Crippen LogP) is 4.87. The number of rotatable bonds is 10. The third-order valence-electron chi connectivity index (χ3n) is 7.35. The zero-order valence-electron chi connectivity index (χ0n) is 24.2. The van der Waals surface area contributed by atoms with E-state index in [1.54, 1.807) is 24.3 Å². The van der Waals surface area contributed by atoms with Gasteiger partial charge in [-0.15, -0.1) is 0 Å². The van der Waals surface area contributed by atoms with Crippen molar-refractivity contribution in [1.29, 1.82) is 0 Å². The molecule has 0 bridgehead atoms. The first-order chi connectivity index (χ1) is 20.8. The van der Waals surface area contributed by atoms with Gasteiger partial charge in [0.25, 0.3) is 5.91 Å². The van der Waals surface area contributed by atoms with E-state index in [0.29, 0.717) is 60.4 Å². The number of hydrogen-bond donors (Lipinski definition) is 1. The fourth-order valence-corrected chi connectivity index (χ4v) is 4.83. The van der Waals surface area contributed by atoms with Gasteiger partial charge in [0.15, 0.2) is 28.5 Å². The highest BCUT2D eigenvalue weighted by molar-refractivity contribution is 5.94. The van der Waals surface area contributed by atoms with Crippen LogP contribution >= 0.6 is 0 Å². The average molecular weight is 582 g/mol. The van der Waals surface area contributed by atoms with E-state index in [-0.39, 0.29) is 18.5 Å². The number of aryl methyl sites for hydroxylation is 1. The fraction of sp³-hybridized carbons (Fsp3) is 0.250. The van der Waals surface area contributed by atoms with Gasteiger partial charge in [-0.25, -0.2) is 9.37 Å². The Hall–Kier alpha value is -5.19. The number of aromatic nitrogens is 4. The molecule has 6 rings (SSSR count). The molecule has 1 aliphatic heterocycles. The molecule has 1 amide bonds. The van der Waals surface area contributed by atoms with Crippen molar-refractivity contribution in [3.63, 3.8) is 0 Å². The molecule has 0 aliphatic carbocycles. The molecule has 1 N–H and O–H groups in total. The van der Waals surface area contributed by atoms with Crippen molar-refractivity contribution < 1.29 is 18.7 Å². The van der Waals surface area contributed by atoms with Gasteiger partial charge in [-0.2, -0.15) is 9.97 Å². The topological polar surface area (TPSA) is 97.6 Å². The van der Waals surface area contributed by atoms with Gasteiger partial charge in [-0.3, -0.25) is 4.79 Å². The summed E-state index contributed by atoms with van der Waals surface area (Å²) in [4.78, 5) is 30.8. The van der Waals surface area contributed by atoms with Crippen LogP contribution in [0.4, 0.5) is 16.2 Å². The van der Waals surface area contributed by atoms with Gasteiger partial charge >= 0.3 is 0 Å². The maximum absolute atomic E-state index is 13.9. The summed E-state index contributed by atoms with van der Waals surface area (Å²) in [6.07, 6.45) is 1.69. The van der Waals surface area contributed by atoms with Gasteiger partial charge in [-0.1, -0.05) is 35.9 Å². The van der Waals surface area contributed by atoms with E-state index in [9.17, 15) is 9.18 Å². The van der Waals surface area contributed by atoms with Gasteiger partial charge in [0.2, 0.25) is 12.7 Å². The Labute approximate surface area is 248 Å². The largest absolute Gasteiger partial charge is 0.454 e. The lowest BCUT2D eigenvalue weighted by Crippen LogP contribution is -2.35. The molecule has 10 nitrogen and oxygen atoms in total. The third kappa shape index (κ3) is 6.20. The number of imidazole rings is 1. The minimum atomic E-state index is -0.299. The van der Waals surface area contributed by atoms with Crippen molar-refractivity contribution in [3.05, 3.63) is 101 Å². The van der Waals surface area contributed by atoms with E-state index in [4.69, 9.17) is 19.4 Å². The number of anilines is 2. The van der Waals surface area contributed by atoms with E-state index in [0.717, 1.165) is 22.4 Å². The summed E-state index contributed by atoms with van der Waals surface area (Å²) >= 11 is 0. The van der Waals surface area contributed by atoms with Crippen molar-refractivity contribution in [2.75, 3.05) is 44.2 Å². The molecular formula is C32H32FN7O3. The number of carbonyl (C=O) groups excluding carboxylic acids is 1. The molecular weight excluding hydrogens is 549 g/mol. The second kappa shape index (κ2) is 12.0. The summed E-state index contributed by atoms with van der Waals surface area (Å²) in [6.45, 7) is 4.03. The van der Waals surface area contributed by atoms with Crippen LogP contribution in [-0.4, -0.2) is 64.3 Å². The molecule has 0 radical (unpaired) electrons. The third-order valence-corrected chi connectivity index (χ3v) is 7.35. The Kier molecular flexibility index (Phi) is 7.78. The summed E-state index contributed by atoms with van der Waals surface area (Å²) < 4.78 is 26.7. The molecule has 220 valence electrons. The summed E-state index contributed by atoms with van der Waals surface area (Å²) in [5, 5.41) is 3.41. The number of carbonyl (C=O) groups is 1. The molecule has 3 aromatic carbocycles. The Morgan fingerprint density at radius 2 is 1.79 bits per heavy atom. The van der Waals surface area contributed by atoms with Crippen LogP contribution in [0, 0.1) is 12.7 Å². The highest BCUT2D eigenvalue weighted by Gasteiger charge is 2.19. The van der Waals surface area contributed by atoms with Crippen LogP contribution in [0.5, 0.6) is 11.5 Å². The lowest BCUT2D eigenvalue weighted by atomic mass is 10.1. The molecule has 2 aromatic heterocycles. The van der Waals surface area contributed by atoms with Crippen molar-refractivity contribution >= 4 is 28.8 Å². The van der Waals surface area contributed by atoms with E-state index >= 15 is 0 Å². The number of fused-ring (bicyclic) bond motifs is 2.